The number of guanidine groups is 1. The van der Waals surface area contributed by atoms with Gasteiger partial charge >= 0.3 is 0 Å². The van der Waals surface area contributed by atoms with Crippen molar-refractivity contribution in [2.45, 2.75) is 38.4 Å². The van der Waals surface area contributed by atoms with Gasteiger partial charge in [-0.05, 0) is 50.1 Å². The van der Waals surface area contributed by atoms with Gasteiger partial charge in [-0.2, -0.15) is 0 Å². The van der Waals surface area contributed by atoms with E-state index in [1.54, 1.807) is 7.05 Å². The Balaban J connectivity index is 0.00000363. The predicted molar refractivity (Wildman–Crippen MR) is 142 cm³/mol. The van der Waals surface area contributed by atoms with Gasteiger partial charge in [0, 0.05) is 39.4 Å². The topological polar surface area (TPSA) is 58.1 Å². The fourth-order valence-electron chi connectivity index (χ4n) is 3.77. The van der Waals surface area contributed by atoms with Crippen molar-refractivity contribution in [2.24, 2.45) is 4.99 Å². The van der Waals surface area contributed by atoms with Gasteiger partial charge in [0.2, 0.25) is 0 Å². The number of hydrogen-bond acceptors (Lipinski definition) is 4. The largest absolute Gasteiger partial charge is 0.492 e. The standard InChI is InChI=1S/C25H36N4O2.HI/c1-20(22-9-5-4-6-10-22)28-25(26-2)27-19-21-8-7-11-24(18-21)31-17-14-29(3)23-12-15-30-16-13-23;/h4-11,18,20,23H,12-17,19H2,1-3H3,(H2,26,27,28);1H. The van der Waals surface area contributed by atoms with E-state index >= 15 is 0 Å². The van der Waals surface area contributed by atoms with Crippen LogP contribution in [-0.4, -0.2) is 57.4 Å². The Morgan fingerprint density at radius 2 is 1.91 bits per heavy atom. The van der Waals surface area contributed by atoms with Crippen LogP contribution in [0.5, 0.6) is 5.75 Å². The van der Waals surface area contributed by atoms with Gasteiger partial charge in [-0.15, -0.1) is 24.0 Å². The van der Waals surface area contributed by atoms with Crippen LogP contribution in [0.1, 0.15) is 36.9 Å². The lowest BCUT2D eigenvalue weighted by atomic mass is 10.1. The lowest BCUT2D eigenvalue weighted by molar-refractivity contribution is 0.0392. The molecule has 2 aromatic rings. The molecule has 0 amide bonds. The minimum absolute atomic E-state index is 0. The maximum Gasteiger partial charge on any atom is 0.191 e. The molecule has 1 unspecified atom stereocenters. The van der Waals surface area contributed by atoms with E-state index in [-0.39, 0.29) is 30.0 Å². The number of aliphatic imine (C=N–C) groups is 1. The number of ether oxygens (including phenoxy) is 2. The molecule has 0 aromatic heterocycles. The van der Waals surface area contributed by atoms with Gasteiger partial charge in [0.25, 0.3) is 0 Å². The molecule has 32 heavy (non-hydrogen) atoms. The summed E-state index contributed by atoms with van der Waals surface area (Å²) in [6.07, 6.45) is 2.21. The molecular formula is C25H37IN4O2. The molecule has 7 heteroatoms. The van der Waals surface area contributed by atoms with Crippen molar-refractivity contribution in [3.8, 4) is 5.75 Å². The van der Waals surface area contributed by atoms with E-state index in [1.165, 1.54) is 5.56 Å². The molecule has 0 aliphatic carbocycles. The number of halogens is 1. The summed E-state index contributed by atoms with van der Waals surface area (Å²) in [6.45, 7) is 6.15. The smallest absolute Gasteiger partial charge is 0.191 e. The fourth-order valence-corrected chi connectivity index (χ4v) is 3.77. The van der Waals surface area contributed by atoms with E-state index in [1.807, 2.05) is 18.2 Å². The first-order chi connectivity index (χ1) is 15.2. The third-order valence-corrected chi connectivity index (χ3v) is 5.76. The third kappa shape index (κ3) is 8.60. The Bertz CT molecular complexity index is 813. The molecule has 0 radical (unpaired) electrons. The van der Waals surface area contributed by atoms with E-state index in [0.29, 0.717) is 19.2 Å². The normalized spacial score (nSPS) is 15.7. The molecule has 1 saturated heterocycles. The number of nitrogens with one attached hydrogen (secondary N) is 2. The number of nitrogens with zero attached hydrogens (tertiary/aromatic N) is 2. The van der Waals surface area contributed by atoms with Crippen LogP contribution in [0.15, 0.2) is 59.6 Å². The Labute approximate surface area is 209 Å². The van der Waals surface area contributed by atoms with Gasteiger partial charge < -0.3 is 20.1 Å². The van der Waals surface area contributed by atoms with Crippen LogP contribution in [0, 0.1) is 0 Å². The molecule has 176 valence electrons. The van der Waals surface area contributed by atoms with Gasteiger partial charge in [0.15, 0.2) is 5.96 Å². The second kappa shape index (κ2) is 14.3. The molecule has 0 bridgehead atoms. The quantitative estimate of drug-likeness (QED) is 0.277. The average molecular weight is 553 g/mol. The highest BCUT2D eigenvalue weighted by atomic mass is 127. The maximum absolute atomic E-state index is 6.02. The van der Waals surface area contributed by atoms with Gasteiger partial charge in [0.1, 0.15) is 12.4 Å². The van der Waals surface area contributed by atoms with E-state index in [0.717, 1.165) is 49.9 Å². The summed E-state index contributed by atoms with van der Waals surface area (Å²) in [5.74, 6) is 1.68. The number of hydrogen-bond donors (Lipinski definition) is 2. The summed E-state index contributed by atoms with van der Waals surface area (Å²) in [4.78, 5) is 6.74. The summed E-state index contributed by atoms with van der Waals surface area (Å²) < 4.78 is 11.5. The predicted octanol–water partition coefficient (Wildman–Crippen LogP) is 4.22. The Morgan fingerprint density at radius 1 is 1.16 bits per heavy atom. The van der Waals surface area contributed by atoms with Gasteiger partial charge in [-0.3, -0.25) is 9.89 Å². The van der Waals surface area contributed by atoms with Gasteiger partial charge in [-0.25, -0.2) is 0 Å². The van der Waals surface area contributed by atoms with Crippen LogP contribution >= 0.6 is 24.0 Å². The van der Waals surface area contributed by atoms with Gasteiger partial charge in [-0.1, -0.05) is 42.5 Å². The zero-order valence-corrected chi connectivity index (χ0v) is 21.8. The minimum atomic E-state index is 0. The molecule has 1 heterocycles. The van der Waals surface area contributed by atoms with E-state index < -0.39 is 0 Å². The van der Waals surface area contributed by atoms with Crippen LogP contribution in [0.3, 0.4) is 0 Å². The van der Waals surface area contributed by atoms with E-state index in [2.05, 4.69) is 70.9 Å². The second-order valence-corrected chi connectivity index (χ2v) is 8.02. The SMILES string of the molecule is CN=C(NCc1cccc(OCCN(C)C2CCOCC2)c1)NC(C)c1ccccc1.I. The molecule has 1 fully saturated rings. The zero-order chi connectivity index (χ0) is 21.9. The third-order valence-electron chi connectivity index (χ3n) is 5.76. The Hall–Kier alpha value is -1.84. The maximum atomic E-state index is 6.02. The molecular weight excluding hydrogens is 515 g/mol. The second-order valence-electron chi connectivity index (χ2n) is 8.02. The molecule has 1 atom stereocenters. The summed E-state index contributed by atoms with van der Waals surface area (Å²) in [5.41, 5.74) is 2.39. The van der Waals surface area contributed by atoms with Crippen molar-refractivity contribution in [3.05, 3.63) is 65.7 Å². The Morgan fingerprint density at radius 3 is 2.62 bits per heavy atom. The fraction of sp³-hybridized carbons (Fsp3) is 0.480. The van der Waals surface area contributed by atoms with Crippen LogP contribution in [0.4, 0.5) is 0 Å². The van der Waals surface area contributed by atoms with Crippen molar-refractivity contribution < 1.29 is 9.47 Å². The minimum Gasteiger partial charge on any atom is -0.492 e. The molecule has 3 rings (SSSR count). The average Bonchev–Trinajstić information content (AvgIpc) is 2.83. The molecule has 1 aliphatic rings. The number of rotatable bonds is 9. The molecule has 0 spiro atoms. The summed E-state index contributed by atoms with van der Waals surface area (Å²) in [7, 11) is 3.97. The number of likely N-dealkylation sites (N-methyl/N-ethyl adjacent to an activating group) is 1. The molecule has 1 aliphatic heterocycles. The first-order valence-corrected chi connectivity index (χ1v) is 11.2. The molecule has 2 N–H and O–H groups in total. The lowest BCUT2D eigenvalue weighted by Crippen LogP contribution is -2.38. The summed E-state index contributed by atoms with van der Waals surface area (Å²) in [5, 5.41) is 6.83. The van der Waals surface area contributed by atoms with Gasteiger partial charge in [0.05, 0.1) is 6.04 Å². The number of benzene rings is 2. The van der Waals surface area contributed by atoms with Crippen molar-refractivity contribution in [2.75, 3.05) is 40.5 Å². The van der Waals surface area contributed by atoms with Crippen molar-refractivity contribution in [3.63, 3.8) is 0 Å². The van der Waals surface area contributed by atoms with Crippen molar-refractivity contribution in [1.29, 1.82) is 0 Å². The molecule has 6 nitrogen and oxygen atoms in total. The highest BCUT2D eigenvalue weighted by Crippen LogP contribution is 2.15. The molecule has 2 aromatic carbocycles. The van der Waals surface area contributed by atoms with Crippen LogP contribution < -0.4 is 15.4 Å². The van der Waals surface area contributed by atoms with E-state index in [4.69, 9.17) is 9.47 Å². The van der Waals surface area contributed by atoms with Crippen molar-refractivity contribution >= 4 is 29.9 Å². The molecule has 0 saturated carbocycles. The lowest BCUT2D eigenvalue weighted by Gasteiger charge is -2.31. The van der Waals surface area contributed by atoms with Crippen LogP contribution in [0.25, 0.3) is 0 Å². The Kier molecular flexibility index (Phi) is 11.8. The highest BCUT2D eigenvalue weighted by molar-refractivity contribution is 14.0. The van der Waals surface area contributed by atoms with Crippen LogP contribution in [0.2, 0.25) is 0 Å². The van der Waals surface area contributed by atoms with Crippen LogP contribution in [-0.2, 0) is 11.3 Å². The first-order valence-electron chi connectivity index (χ1n) is 11.2. The van der Waals surface area contributed by atoms with E-state index in [9.17, 15) is 0 Å². The monoisotopic (exact) mass is 552 g/mol. The van der Waals surface area contributed by atoms with Crippen molar-refractivity contribution in [1.82, 2.24) is 15.5 Å². The summed E-state index contributed by atoms with van der Waals surface area (Å²) in [6, 6.07) is 19.4. The zero-order valence-electron chi connectivity index (χ0n) is 19.4. The highest BCUT2D eigenvalue weighted by Gasteiger charge is 2.18. The summed E-state index contributed by atoms with van der Waals surface area (Å²) >= 11 is 0. The first kappa shape index (κ1) is 26.4.